The molecule has 0 saturated heterocycles. The number of hydrogen-bond donors (Lipinski definition) is 2. The van der Waals surface area contributed by atoms with Crippen LogP contribution in [0.5, 0.6) is 0 Å². The molecular formula is C16H18FNOS. The number of hydrogen-bond acceptors (Lipinski definition) is 3. The first-order valence-electron chi connectivity index (χ1n) is 6.95. The second-order valence-corrected chi connectivity index (χ2v) is 6.27. The summed E-state index contributed by atoms with van der Waals surface area (Å²) in [6.07, 6.45) is 2.04. The fourth-order valence-electron chi connectivity index (χ4n) is 2.32. The first-order valence-corrected chi connectivity index (χ1v) is 7.83. The predicted molar refractivity (Wildman–Crippen MR) is 80.2 cm³/mol. The van der Waals surface area contributed by atoms with E-state index in [0.717, 1.165) is 23.3 Å². The van der Waals surface area contributed by atoms with Crippen LogP contribution in [0, 0.1) is 11.7 Å². The van der Waals surface area contributed by atoms with Gasteiger partial charge in [-0.25, -0.2) is 4.39 Å². The van der Waals surface area contributed by atoms with Crippen LogP contribution in [0.4, 0.5) is 4.39 Å². The van der Waals surface area contributed by atoms with E-state index in [0.29, 0.717) is 24.6 Å². The van der Waals surface area contributed by atoms with Gasteiger partial charge in [-0.3, -0.25) is 0 Å². The number of nitrogens with one attached hydrogen (secondary N) is 1. The van der Waals surface area contributed by atoms with Gasteiger partial charge in [0.1, 0.15) is 5.82 Å². The molecule has 106 valence electrons. The monoisotopic (exact) mass is 291 g/mol. The zero-order valence-corrected chi connectivity index (χ0v) is 12.0. The maximum Gasteiger partial charge on any atom is 0.131 e. The molecule has 0 aliphatic heterocycles. The maximum atomic E-state index is 13.8. The van der Waals surface area contributed by atoms with Crippen molar-refractivity contribution >= 4 is 11.3 Å². The third-order valence-corrected chi connectivity index (χ3v) is 4.57. The molecule has 0 radical (unpaired) electrons. The fraction of sp³-hybridized carbons (Fsp3) is 0.375. The van der Waals surface area contributed by atoms with Crippen LogP contribution in [0.2, 0.25) is 0 Å². The van der Waals surface area contributed by atoms with Crippen molar-refractivity contribution in [1.29, 1.82) is 0 Å². The Morgan fingerprint density at radius 2 is 2.20 bits per heavy atom. The molecule has 0 amide bonds. The minimum atomic E-state index is -0.243. The van der Waals surface area contributed by atoms with Crippen molar-refractivity contribution in [3.8, 4) is 10.4 Å². The third kappa shape index (κ3) is 3.26. The van der Waals surface area contributed by atoms with E-state index in [2.05, 4.69) is 5.32 Å². The molecule has 0 bridgehead atoms. The molecule has 1 unspecified atom stereocenters. The van der Waals surface area contributed by atoms with Crippen LogP contribution in [0.25, 0.3) is 10.4 Å². The molecule has 3 rings (SSSR count). The summed E-state index contributed by atoms with van der Waals surface area (Å²) in [5.74, 6) is 0.298. The summed E-state index contributed by atoms with van der Waals surface area (Å²) in [5.41, 5.74) is 1.69. The maximum absolute atomic E-state index is 13.8. The minimum absolute atomic E-state index is 0.186. The van der Waals surface area contributed by atoms with Crippen LogP contribution in [0.1, 0.15) is 18.4 Å². The highest BCUT2D eigenvalue weighted by molar-refractivity contribution is 7.13. The first-order chi connectivity index (χ1) is 9.74. The van der Waals surface area contributed by atoms with Gasteiger partial charge in [-0.2, -0.15) is 0 Å². The Balaban J connectivity index is 1.63. The van der Waals surface area contributed by atoms with Crippen LogP contribution in [0.15, 0.2) is 35.7 Å². The van der Waals surface area contributed by atoms with Crippen LogP contribution in [-0.2, 0) is 6.54 Å². The lowest BCUT2D eigenvalue weighted by Crippen LogP contribution is -2.27. The molecule has 20 heavy (non-hydrogen) atoms. The Bertz CT molecular complexity index is 566. The summed E-state index contributed by atoms with van der Waals surface area (Å²) in [7, 11) is 0. The van der Waals surface area contributed by atoms with E-state index >= 15 is 0 Å². The van der Waals surface area contributed by atoms with Crippen molar-refractivity contribution in [1.82, 2.24) is 5.32 Å². The van der Waals surface area contributed by atoms with Gasteiger partial charge >= 0.3 is 0 Å². The zero-order valence-electron chi connectivity index (χ0n) is 11.2. The van der Waals surface area contributed by atoms with Gasteiger partial charge in [0.25, 0.3) is 0 Å². The quantitative estimate of drug-likeness (QED) is 0.855. The number of aliphatic hydroxyl groups is 1. The summed E-state index contributed by atoms with van der Waals surface area (Å²) < 4.78 is 13.8. The molecule has 1 aromatic carbocycles. The summed E-state index contributed by atoms with van der Waals surface area (Å²) in [6, 6.07) is 9.05. The largest absolute Gasteiger partial charge is 0.392 e. The molecule has 1 aromatic heterocycles. The molecule has 1 heterocycles. The van der Waals surface area contributed by atoms with Crippen LogP contribution < -0.4 is 5.32 Å². The van der Waals surface area contributed by atoms with Crippen molar-refractivity contribution in [2.45, 2.75) is 25.5 Å². The fourth-order valence-corrected chi connectivity index (χ4v) is 3.06. The Labute approximate surface area is 122 Å². The van der Waals surface area contributed by atoms with E-state index in [1.54, 1.807) is 6.07 Å². The van der Waals surface area contributed by atoms with Gasteiger partial charge in [0.2, 0.25) is 0 Å². The van der Waals surface area contributed by atoms with E-state index < -0.39 is 0 Å². The summed E-state index contributed by atoms with van der Waals surface area (Å²) >= 11 is 1.54. The molecule has 0 spiro atoms. The SMILES string of the molecule is OC(CNCc1ccc(F)c(-c2cccs2)c1)C1CC1. The average Bonchev–Trinajstić information content (AvgIpc) is 3.16. The average molecular weight is 291 g/mol. The van der Waals surface area contributed by atoms with E-state index in [-0.39, 0.29) is 11.9 Å². The Kier molecular flexibility index (Phi) is 4.15. The molecule has 1 fully saturated rings. The molecule has 2 nitrogen and oxygen atoms in total. The molecule has 2 aromatic rings. The van der Waals surface area contributed by atoms with Crippen LogP contribution in [-0.4, -0.2) is 17.8 Å². The van der Waals surface area contributed by atoms with Crippen molar-refractivity contribution in [2.24, 2.45) is 5.92 Å². The van der Waals surface area contributed by atoms with Gasteiger partial charge in [0.15, 0.2) is 0 Å². The van der Waals surface area contributed by atoms with Gasteiger partial charge in [-0.15, -0.1) is 11.3 Å². The minimum Gasteiger partial charge on any atom is -0.392 e. The lowest BCUT2D eigenvalue weighted by molar-refractivity contribution is 0.148. The third-order valence-electron chi connectivity index (χ3n) is 3.67. The Hall–Kier alpha value is -1.23. The smallest absolute Gasteiger partial charge is 0.131 e. The molecule has 2 N–H and O–H groups in total. The van der Waals surface area contributed by atoms with Gasteiger partial charge in [0.05, 0.1) is 6.10 Å². The highest BCUT2D eigenvalue weighted by Crippen LogP contribution is 2.32. The van der Waals surface area contributed by atoms with E-state index in [4.69, 9.17) is 0 Å². The van der Waals surface area contributed by atoms with E-state index in [1.165, 1.54) is 17.4 Å². The highest BCUT2D eigenvalue weighted by atomic mass is 32.1. The number of rotatable bonds is 6. The zero-order chi connectivity index (χ0) is 13.9. The predicted octanol–water partition coefficient (Wildman–Crippen LogP) is 3.41. The molecule has 1 saturated carbocycles. The van der Waals surface area contributed by atoms with E-state index in [1.807, 2.05) is 23.6 Å². The van der Waals surface area contributed by atoms with Crippen molar-refractivity contribution in [3.63, 3.8) is 0 Å². The topological polar surface area (TPSA) is 32.3 Å². The van der Waals surface area contributed by atoms with Gasteiger partial charge < -0.3 is 10.4 Å². The van der Waals surface area contributed by atoms with Gasteiger partial charge in [-0.05, 0) is 47.9 Å². The van der Waals surface area contributed by atoms with Gasteiger partial charge in [-0.1, -0.05) is 12.1 Å². The van der Waals surface area contributed by atoms with Crippen molar-refractivity contribution < 1.29 is 9.50 Å². The van der Waals surface area contributed by atoms with Crippen LogP contribution >= 0.6 is 11.3 Å². The standard InChI is InChI=1S/C16H18FNOS/c17-14-6-3-11(8-13(14)16-2-1-7-20-16)9-18-10-15(19)12-4-5-12/h1-3,6-8,12,15,18-19H,4-5,9-10H2. The lowest BCUT2D eigenvalue weighted by atomic mass is 10.1. The Morgan fingerprint density at radius 3 is 2.90 bits per heavy atom. The summed E-state index contributed by atoms with van der Waals surface area (Å²) in [5, 5.41) is 15.0. The molecule has 4 heteroatoms. The molecule has 1 aliphatic carbocycles. The first kappa shape index (κ1) is 13.7. The summed E-state index contributed by atoms with van der Waals surface area (Å²) in [6.45, 7) is 1.26. The summed E-state index contributed by atoms with van der Waals surface area (Å²) in [4.78, 5) is 0.947. The van der Waals surface area contributed by atoms with Crippen molar-refractivity contribution in [2.75, 3.05) is 6.54 Å². The van der Waals surface area contributed by atoms with Gasteiger partial charge in [0, 0.05) is 23.5 Å². The second-order valence-electron chi connectivity index (χ2n) is 5.33. The number of thiophene rings is 1. The van der Waals surface area contributed by atoms with E-state index in [9.17, 15) is 9.50 Å². The molecular weight excluding hydrogens is 273 g/mol. The highest BCUT2D eigenvalue weighted by Gasteiger charge is 2.29. The number of aliphatic hydroxyl groups excluding tert-OH is 1. The van der Waals surface area contributed by atoms with Crippen LogP contribution in [0.3, 0.4) is 0 Å². The Morgan fingerprint density at radius 1 is 1.35 bits per heavy atom. The normalized spacial score (nSPS) is 16.3. The number of halogens is 1. The number of benzene rings is 1. The molecule has 1 atom stereocenters. The second kappa shape index (κ2) is 6.04. The van der Waals surface area contributed by atoms with Crippen molar-refractivity contribution in [3.05, 3.63) is 47.1 Å². The lowest BCUT2D eigenvalue weighted by Gasteiger charge is -2.11. The molecule has 1 aliphatic rings.